The predicted octanol–water partition coefficient (Wildman–Crippen LogP) is 6.47. The van der Waals surface area contributed by atoms with E-state index in [9.17, 15) is 8.42 Å². The second-order valence-corrected chi connectivity index (χ2v) is 11.2. The van der Waals surface area contributed by atoms with Crippen LogP contribution in [-0.2, 0) is 9.84 Å². The van der Waals surface area contributed by atoms with Crippen molar-refractivity contribution in [2.24, 2.45) is 0 Å². The summed E-state index contributed by atoms with van der Waals surface area (Å²) in [6.07, 6.45) is 3.54. The average molecular weight is 522 g/mol. The number of nitrogens with zero attached hydrogens (tertiary/aromatic N) is 2. The zero-order valence-electron chi connectivity index (χ0n) is 19.8. The number of benzene rings is 3. The van der Waals surface area contributed by atoms with E-state index in [4.69, 9.17) is 16.0 Å². The maximum atomic E-state index is 13.6. The van der Waals surface area contributed by atoms with Gasteiger partial charge in [0.25, 0.3) is 0 Å². The number of piperidine rings is 1. The Kier molecular flexibility index (Phi) is 7.41. The lowest BCUT2D eigenvalue weighted by atomic mass is 10.0. The highest BCUT2D eigenvalue weighted by Crippen LogP contribution is 2.34. The number of hydrogen-bond donors (Lipinski definition) is 1. The third-order valence-corrected chi connectivity index (χ3v) is 8.40. The van der Waals surface area contributed by atoms with E-state index in [1.54, 1.807) is 54.6 Å². The number of nitrogens with one attached hydrogen (secondary N) is 1. The molecule has 2 heterocycles. The van der Waals surface area contributed by atoms with Crippen molar-refractivity contribution < 1.29 is 12.8 Å². The summed E-state index contributed by atoms with van der Waals surface area (Å²) in [6, 6.07) is 25.6. The topological polar surface area (TPSA) is 75.4 Å². The highest BCUT2D eigenvalue weighted by Gasteiger charge is 2.30. The molecule has 1 aromatic heterocycles. The molecule has 36 heavy (non-hydrogen) atoms. The Bertz CT molecular complexity index is 1390. The molecule has 0 bridgehead atoms. The average Bonchev–Trinajstić information content (AvgIpc) is 3.36. The molecule has 1 aliphatic rings. The van der Waals surface area contributed by atoms with E-state index < -0.39 is 9.84 Å². The second-order valence-electron chi connectivity index (χ2n) is 8.88. The highest BCUT2D eigenvalue weighted by atomic mass is 35.5. The van der Waals surface area contributed by atoms with Crippen molar-refractivity contribution in [1.29, 1.82) is 0 Å². The Morgan fingerprint density at radius 2 is 1.53 bits per heavy atom. The molecule has 3 aromatic carbocycles. The van der Waals surface area contributed by atoms with E-state index in [2.05, 4.69) is 27.3 Å². The van der Waals surface area contributed by atoms with Crippen LogP contribution in [0, 0.1) is 0 Å². The van der Waals surface area contributed by atoms with Gasteiger partial charge in [-0.25, -0.2) is 8.42 Å². The Labute approximate surface area is 216 Å². The van der Waals surface area contributed by atoms with Crippen molar-refractivity contribution >= 4 is 27.3 Å². The lowest BCUT2D eigenvalue weighted by molar-refractivity contribution is 0.170. The van der Waals surface area contributed by atoms with Crippen molar-refractivity contribution in [3.8, 4) is 11.5 Å². The van der Waals surface area contributed by atoms with Gasteiger partial charge in [0.2, 0.25) is 26.6 Å². The van der Waals surface area contributed by atoms with E-state index in [1.165, 1.54) is 12.0 Å². The van der Waals surface area contributed by atoms with Gasteiger partial charge in [-0.2, -0.15) is 4.98 Å². The van der Waals surface area contributed by atoms with Crippen LogP contribution >= 0.6 is 11.6 Å². The van der Waals surface area contributed by atoms with Crippen molar-refractivity contribution in [1.82, 2.24) is 9.88 Å². The van der Waals surface area contributed by atoms with Crippen LogP contribution in [0.5, 0.6) is 0 Å². The van der Waals surface area contributed by atoms with Gasteiger partial charge < -0.3 is 9.73 Å². The molecule has 5 rings (SSSR count). The van der Waals surface area contributed by atoms with E-state index in [-0.39, 0.29) is 27.7 Å². The Morgan fingerprint density at radius 3 is 2.19 bits per heavy atom. The molecule has 1 atom stereocenters. The zero-order chi connectivity index (χ0) is 25.0. The first-order chi connectivity index (χ1) is 17.5. The van der Waals surface area contributed by atoms with Gasteiger partial charge in [-0.1, -0.05) is 66.6 Å². The summed E-state index contributed by atoms with van der Waals surface area (Å²) in [5.74, 6) is 0.361. The molecular formula is C28H28ClN3O3S. The van der Waals surface area contributed by atoms with Crippen LogP contribution in [0.4, 0.5) is 5.88 Å². The van der Waals surface area contributed by atoms with Crippen LogP contribution in [-0.4, -0.2) is 37.9 Å². The Balaban J connectivity index is 1.51. The summed E-state index contributed by atoms with van der Waals surface area (Å²) in [5.41, 5.74) is 1.82. The summed E-state index contributed by atoms with van der Waals surface area (Å²) in [4.78, 5) is 7.07. The molecule has 1 saturated heterocycles. The third-order valence-electron chi connectivity index (χ3n) is 6.47. The number of aromatic nitrogens is 1. The van der Waals surface area contributed by atoms with Gasteiger partial charge in [0.15, 0.2) is 0 Å². The molecule has 6 nitrogen and oxygen atoms in total. The maximum Gasteiger partial charge on any atom is 0.233 e. The number of sulfone groups is 1. The summed E-state index contributed by atoms with van der Waals surface area (Å²) in [6.45, 7) is 2.49. The molecule has 0 radical (unpaired) electrons. The zero-order valence-corrected chi connectivity index (χ0v) is 21.4. The molecule has 4 aromatic rings. The van der Waals surface area contributed by atoms with Crippen LogP contribution in [0.15, 0.2) is 99.3 Å². The lowest BCUT2D eigenvalue weighted by Gasteiger charge is -2.35. The monoisotopic (exact) mass is 521 g/mol. The number of rotatable bonds is 8. The molecule has 1 fully saturated rings. The van der Waals surface area contributed by atoms with E-state index >= 15 is 0 Å². The van der Waals surface area contributed by atoms with Crippen molar-refractivity contribution in [3.05, 3.63) is 95.5 Å². The molecule has 8 heteroatoms. The number of hydrogen-bond acceptors (Lipinski definition) is 6. The fourth-order valence-corrected chi connectivity index (χ4v) is 6.01. The molecule has 1 aliphatic heterocycles. The second kappa shape index (κ2) is 10.9. The van der Waals surface area contributed by atoms with Crippen LogP contribution in [0.25, 0.3) is 11.5 Å². The van der Waals surface area contributed by atoms with Crippen molar-refractivity contribution in [2.75, 3.05) is 25.0 Å². The Morgan fingerprint density at radius 1 is 0.889 bits per heavy atom. The van der Waals surface area contributed by atoms with Gasteiger partial charge in [0.1, 0.15) is 0 Å². The summed E-state index contributed by atoms with van der Waals surface area (Å²) < 4.78 is 33.2. The van der Waals surface area contributed by atoms with Crippen LogP contribution in [0.3, 0.4) is 0 Å². The van der Waals surface area contributed by atoms with E-state index in [0.717, 1.165) is 25.9 Å². The van der Waals surface area contributed by atoms with Gasteiger partial charge in [0, 0.05) is 17.1 Å². The van der Waals surface area contributed by atoms with E-state index in [0.29, 0.717) is 17.1 Å². The third kappa shape index (κ3) is 5.33. The standard InChI is InChI=1S/C28H28ClN3O3S/c29-23-16-14-22(15-17-23)26-31-28(36(33,34)24-12-6-2-7-13-24)27(35-26)30-20-25(21-10-4-1-5-11-21)32-18-8-3-9-19-32/h1-2,4-7,10-17,25,30H,3,8-9,18-20H2. The van der Waals surface area contributed by atoms with E-state index in [1.807, 2.05) is 18.2 Å². The number of halogens is 1. The smallest absolute Gasteiger partial charge is 0.233 e. The van der Waals surface area contributed by atoms with Crippen LogP contribution in [0.2, 0.25) is 5.02 Å². The van der Waals surface area contributed by atoms with Crippen molar-refractivity contribution in [3.63, 3.8) is 0 Å². The predicted molar refractivity (Wildman–Crippen MR) is 142 cm³/mol. The van der Waals surface area contributed by atoms with Gasteiger partial charge >= 0.3 is 0 Å². The highest BCUT2D eigenvalue weighted by molar-refractivity contribution is 7.91. The summed E-state index contributed by atoms with van der Waals surface area (Å²) >= 11 is 6.04. The molecule has 0 spiro atoms. The molecule has 1 N–H and O–H groups in total. The fraction of sp³-hybridized carbons (Fsp3) is 0.250. The van der Waals surface area contributed by atoms with Gasteiger partial charge in [-0.3, -0.25) is 4.90 Å². The molecule has 1 unspecified atom stereocenters. The maximum absolute atomic E-state index is 13.6. The molecule has 186 valence electrons. The normalized spacial score (nSPS) is 15.5. The largest absolute Gasteiger partial charge is 0.419 e. The first kappa shape index (κ1) is 24.6. The Hall–Kier alpha value is -3.13. The van der Waals surface area contributed by atoms with Gasteiger partial charge in [0.05, 0.1) is 10.9 Å². The first-order valence-corrected chi connectivity index (χ1v) is 14.0. The number of likely N-dealkylation sites (tertiary alicyclic amines) is 1. The van der Waals surface area contributed by atoms with Gasteiger partial charge in [-0.05, 0) is 67.9 Å². The number of oxazole rings is 1. The minimum atomic E-state index is -3.91. The summed E-state index contributed by atoms with van der Waals surface area (Å²) in [5, 5.41) is 3.77. The van der Waals surface area contributed by atoms with Crippen molar-refractivity contribution in [2.45, 2.75) is 35.2 Å². The minimum Gasteiger partial charge on any atom is -0.419 e. The molecular weight excluding hydrogens is 494 g/mol. The van der Waals surface area contributed by atoms with Crippen LogP contribution in [0.1, 0.15) is 30.9 Å². The molecule has 0 saturated carbocycles. The van der Waals surface area contributed by atoms with Crippen LogP contribution < -0.4 is 5.32 Å². The fourth-order valence-electron chi connectivity index (χ4n) is 4.58. The lowest BCUT2D eigenvalue weighted by Crippen LogP contribution is -2.37. The van der Waals surface area contributed by atoms with Gasteiger partial charge in [-0.15, -0.1) is 0 Å². The minimum absolute atomic E-state index is 0.0721. The quantitative estimate of drug-likeness (QED) is 0.286. The molecule has 0 amide bonds. The summed E-state index contributed by atoms with van der Waals surface area (Å²) in [7, 11) is -3.91. The molecule has 0 aliphatic carbocycles. The first-order valence-electron chi connectivity index (χ1n) is 12.1. The SMILES string of the molecule is O=S(=O)(c1ccccc1)c1nc(-c2ccc(Cl)cc2)oc1NCC(c1ccccc1)N1CCCCC1. The number of anilines is 1.